The Balaban J connectivity index is 2.41. The summed E-state index contributed by atoms with van der Waals surface area (Å²) in [6.45, 7) is 3.69. The predicted octanol–water partition coefficient (Wildman–Crippen LogP) is 0.521. The number of hydrogen-bond donors (Lipinski definition) is 2. The Hall–Kier alpha value is -2.09. The van der Waals surface area contributed by atoms with Gasteiger partial charge in [-0.2, -0.15) is 0 Å². The maximum Gasteiger partial charge on any atom is 0.330 e. The van der Waals surface area contributed by atoms with Crippen LogP contribution in [0.4, 0.5) is 0 Å². The Morgan fingerprint density at radius 3 is 2.90 bits per heavy atom. The average molecular weight is 295 g/mol. The van der Waals surface area contributed by atoms with Crippen LogP contribution in [0.5, 0.6) is 0 Å². The van der Waals surface area contributed by atoms with Crippen LogP contribution < -0.4 is 11.2 Å². The van der Waals surface area contributed by atoms with Crippen LogP contribution in [0.2, 0.25) is 0 Å². The minimum absolute atomic E-state index is 0.0623. The number of aromatic nitrogens is 2. The fourth-order valence-corrected chi connectivity index (χ4v) is 2.67. The lowest BCUT2D eigenvalue weighted by molar-refractivity contribution is -0.0913. The Bertz CT molecular complexity index is 677. The van der Waals surface area contributed by atoms with E-state index < -0.39 is 29.2 Å². The summed E-state index contributed by atoms with van der Waals surface area (Å²) < 4.78 is 6.99. The van der Waals surface area contributed by atoms with E-state index in [1.165, 1.54) is 12.3 Å². The van der Waals surface area contributed by atoms with E-state index in [4.69, 9.17) is 10.3 Å². The molecule has 114 valence electrons. The van der Waals surface area contributed by atoms with Crippen molar-refractivity contribution >= 4 is 0 Å². The predicted molar refractivity (Wildman–Crippen MR) is 73.7 cm³/mol. The number of aromatic amines is 1. The molecule has 1 aromatic heterocycles. The van der Waals surface area contributed by atoms with E-state index in [2.05, 4.69) is 15.0 Å². The van der Waals surface area contributed by atoms with E-state index in [0.717, 1.165) is 4.57 Å². The van der Waals surface area contributed by atoms with Gasteiger partial charge in [0.2, 0.25) is 0 Å². The molecule has 9 heteroatoms. The molecule has 1 fully saturated rings. The van der Waals surface area contributed by atoms with Crippen molar-refractivity contribution in [2.45, 2.75) is 38.2 Å². The standard InChI is InChI=1S/C12H17N5O4/c1-3-12(6-14-16-13)7(2)9(19)10(21-12)17-5-4-8(18)15-11(17)20/h4-5,7,9-10,19H,3,6H2,1-2H3,(H,15,18,20)/t7-,9?,10-,12+/m1/s1. The molecular formula is C12H17N5O4. The van der Waals surface area contributed by atoms with Gasteiger partial charge in [0.05, 0.1) is 12.1 Å². The summed E-state index contributed by atoms with van der Waals surface area (Å²) in [5.41, 5.74) is 6.47. The molecule has 1 aliphatic rings. The van der Waals surface area contributed by atoms with Gasteiger partial charge in [-0.05, 0) is 12.0 Å². The molecule has 0 aromatic carbocycles. The van der Waals surface area contributed by atoms with E-state index in [1.807, 2.05) is 6.92 Å². The average Bonchev–Trinajstić information content (AvgIpc) is 2.71. The third kappa shape index (κ3) is 2.58. The Kier molecular flexibility index (Phi) is 4.17. The van der Waals surface area contributed by atoms with Gasteiger partial charge < -0.3 is 9.84 Å². The smallest absolute Gasteiger partial charge is 0.330 e. The van der Waals surface area contributed by atoms with Gasteiger partial charge in [0.15, 0.2) is 6.23 Å². The Morgan fingerprint density at radius 2 is 2.33 bits per heavy atom. The number of hydrogen-bond acceptors (Lipinski definition) is 5. The van der Waals surface area contributed by atoms with Gasteiger partial charge in [0.1, 0.15) is 6.10 Å². The summed E-state index contributed by atoms with van der Waals surface area (Å²) in [6, 6.07) is 1.18. The summed E-state index contributed by atoms with van der Waals surface area (Å²) in [7, 11) is 0. The van der Waals surface area contributed by atoms with E-state index in [-0.39, 0.29) is 12.5 Å². The second-order valence-electron chi connectivity index (χ2n) is 5.11. The largest absolute Gasteiger partial charge is 0.388 e. The topological polar surface area (TPSA) is 133 Å². The molecule has 21 heavy (non-hydrogen) atoms. The number of nitrogens with one attached hydrogen (secondary N) is 1. The first-order chi connectivity index (χ1) is 9.95. The van der Waals surface area contributed by atoms with E-state index in [0.29, 0.717) is 6.42 Å². The monoisotopic (exact) mass is 295 g/mol. The van der Waals surface area contributed by atoms with Crippen LogP contribution in [0.3, 0.4) is 0 Å². The number of aliphatic hydroxyl groups is 1. The van der Waals surface area contributed by atoms with Gasteiger partial charge in [-0.1, -0.05) is 19.0 Å². The number of aliphatic hydroxyl groups excluding tert-OH is 1. The van der Waals surface area contributed by atoms with Gasteiger partial charge in [-0.15, -0.1) is 0 Å². The maximum atomic E-state index is 11.8. The minimum atomic E-state index is -0.956. The number of azide groups is 1. The number of H-pyrrole nitrogens is 1. The lowest BCUT2D eigenvalue weighted by atomic mass is 9.85. The number of ether oxygens (including phenoxy) is 1. The SMILES string of the molecule is CC[C@@]1(CN=[N+]=[N-])O[C@@H](n2ccc(=O)[nH]c2=O)C(O)[C@H]1C. The molecule has 1 saturated heterocycles. The molecule has 2 rings (SSSR count). The highest BCUT2D eigenvalue weighted by atomic mass is 16.6. The molecule has 0 spiro atoms. The fraction of sp³-hybridized carbons (Fsp3) is 0.667. The van der Waals surface area contributed by atoms with Gasteiger partial charge >= 0.3 is 5.69 Å². The first-order valence-corrected chi connectivity index (χ1v) is 6.63. The molecule has 0 amide bonds. The zero-order chi connectivity index (χ0) is 15.6. The third-order valence-corrected chi connectivity index (χ3v) is 4.12. The van der Waals surface area contributed by atoms with Crippen molar-refractivity contribution in [1.82, 2.24) is 9.55 Å². The van der Waals surface area contributed by atoms with Crippen LogP contribution in [0.15, 0.2) is 27.0 Å². The van der Waals surface area contributed by atoms with Crippen LogP contribution >= 0.6 is 0 Å². The normalized spacial score (nSPS) is 31.9. The van der Waals surface area contributed by atoms with E-state index in [1.54, 1.807) is 6.92 Å². The molecule has 2 N–H and O–H groups in total. The van der Waals surface area contributed by atoms with Gasteiger partial charge in [0, 0.05) is 23.1 Å². The molecule has 4 atom stereocenters. The first kappa shape index (κ1) is 15.3. The van der Waals surface area contributed by atoms with Gasteiger partial charge in [-0.25, -0.2) is 4.79 Å². The molecule has 9 nitrogen and oxygen atoms in total. The molecule has 0 saturated carbocycles. The summed E-state index contributed by atoms with van der Waals surface area (Å²) in [5.74, 6) is -0.336. The molecule has 2 heterocycles. The van der Waals surface area contributed by atoms with Crippen molar-refractivity contribution in [1.29, 1.82) is 0 Å². The Morgan fingerprint density at radius 1 is 1.62 bits per heavy atom. The molecule has 1 aliphatic heterocycles. The summed E-state index contributed by atoms with van der Waals surface area (Å²) >= 11 is 0. The van der Waals surface area contributed by atoms with Crippen LogP contribution in [-0.2, 0) is 4.74 Å². The summed E-state index contributed by atoms with van der Waals surface area (Å²) in [6.07, 6.45) is -0.0967. The minimum Gasteiger partial charge on any atom is -0.388 e. The van der Waals surface area contributed by atoms with Crippen molar-refractivity contribution in [3.8, 4) is 0 Å². The fourth-order valence-electron chi connectivity index (χ4n) is 2.67. The first-order valence-electron chi connectivity index (χ1n) is 6.63. The Labute approximate surface area is 119 Å². The number of nitrogens with zero attached hydrogens (tertiary/aromatic N) is 4. The summed E-state index contributed by atoms with van der Waals surface area (Å²) in [5, 5.41) is 13.9. The van der Waals surface area contributed by atoms with Crippen molar-refractivity contribution in [2.75, 3.05) is 6.54 Å². The zero-order valence-corrected chi connectivity index (χ0v) is 11.8. The van der Waals surface area contributed by atoms with Crippen molar-refractivity contribution in [2.24, 2.45) is 11.0 Å². The second kappa shape index (κ2) is 5.72. The van der Waals surface area contributed by atoms with E-state index in [9.17, 15) is 14.7 Å². The van der Waals surface area contributed by atoms with Crippen LogP contribution in [0, 0.1) is 5.92 Å². The number of rotatable bonds is 4. The van der Waals surface area contributed by atoms with Crippen LogP contribution in [0.1, 0.15) is 26.5 Å². The molecule has 0 bridgehead atoms. The highest BCUT2D eigenvalue weighted by Crippen LogP contribution is 2.43. The lowest BCUT2D eigenvalue weighted by Gasteiger charge is -2.30. The quantitative estimate of drug-likeness (QED) is 0.476. The highest BCUT2D eigenvalue weighted by Gasteiger charge is 2.51. The highest BCUT2D eigenvalue weighted by molar-refractivity contribution is 5.00. The van der Waals surface area contributed by atoms with Crippen molar-refractivity contribution < 1.29 is 9.84 Å². The molecular weight excluding hydrogens is 278 g/mol. The maximum absolute atomic E-state index is 11.8. The molecule has 0 radical (unpaired) electrons. The molecule has 1 unspecified atom stereocenters. The lowest BCUT2D eigenvalue weighted by Crippen LogP contribution is -2.38. The van der Waals surface area contributed by atoms with Crippen molar-refractivity contribution in [3.63, 3.8) is 0 Å². The van der Waals surface area contributed by atoms with Crippen LogP contribution in [-0.4, -0.2) is 32.9 Å². The molecule has 1 aromatic rings. The third-order valence-electron chi connectivity index (χ3n) is 4.12. The van der Waals surface area contributed by atoms with Gasteiger partial charge in [-0.3, -0.25) is 14.3 Å². The zero-order valence-electron chi connectivity index (χ0n) is 11.8. The van der Waals surface area contributed by atoms with E-state index >= 15 is 0 Å². The summed E-state index contributed by atoms with van der Waals surface area (Å²) in [4.78, 5) is 27.8. The van der Waals surface area contributed by atoms with Crippen LogP contribution in [0.25, 0.3) is 10.4 Å². The van der Waals surface area contributed by atoms with Crippen molar-refractivity contribution in [3.05, 3.63) is 43.5 Å². The molecule has 0 aliphatic carbocycles. The second-order valence-corrected chi connectivity index (χ2v) is 5.11. The van der Waals surface area contributed by atoms with Gasteiger partial charge in [0.25, 0.3) is 5.56 Å².